The van der Waals surface area contributed by atoms with E-state index in [0.29, 0.717) is 11.7 Å². The summed E-state index contributed by atoms with van der Waals surface area (Å²) in [5, 5.41) is 15.4. The second-order valence-corrected chi connectivity index (χ2v) is 8.98. The van der Waals surface area contributed by atoms with Gasteiger partial charge in [-0.3, -0.25) is 0 Å². The molecule has 1 heterocycles. The quantitative estimate of drug-likeness (QED) is 0.641. The zero-order valence-corrected chi connectivity index (χ0v) is 16.9. The van der Waals surface area contributed by atoms with E-state index in [1.165, 1.54) is 0 Å². The van der Waals surface area contributed by atoms with E-state index in [2.05, 4.69) is 51.6 Å². The average molecular weight is 364 g/mol. The predicted molar refractivity (Wildman–Crippen MR) is 113 cm³/mol. The first kappa shape index (κ1) is 19.0. The lowest BCUT2D eigenvalue weighted by Gasteiger charge is -2.27. The largest absolute Gasteiger partial charge is 0.507 e. The molecule has 0 amide bonds. The van der Waals surface area contributed by atoms with Crippen LogP contribution in [-0.2, 0) is 10.8 Å². The molecule has 0 aliphatic heterocycles. The van der Waals surface area contributed by atoms with E-state index < -0.39 is 0 Å². The van der Waals surface area contributed by atoms with Crippen molar-refractivity contribution in [2.75, 3.05) is 5.73 Å². The Morgan fingerprint density at radius 3 is 2.11 bits per heavy atom. The lowest BCUT2D eigenvalue weighted by atomic mass is 9.78. The van der Waals surface area contributed by atoms with E-state index in [4.69, 9.17) is 5.73 Å². The minimum absolute atomic E-state index is 0.186. The number of rotatable bonds is 2. The van der Waals surface area contributed by atoms with Gasteiger partial charge in [-0.25, -0.2) is 4.98 Å². The number of imidazole rings is 1. The fourth-order valence-electron chi connectivity index (χ4n) is 3.15. The number of phenolic OH excluding ortho intramolecular Hbond substituents is 1. The first-order valence-electron chi connectivity index (χ1n) is 9.14. The highest BCUT2D eigenvalue weighted by molar-refractivity contribution is 5.83. The standard InChI is InChI=1S/C22H28N4O/c1-21(2,3)15-11-14(12-16(19(15)27)22(4,5)6)13-24-26-18-10-8-7-9-17(18)25-20(26)23/h7-13,27H,1-6H3,(H2,23,25)/b24-13-. The van der Waals surface area contributed by atoms with Crippen molar-refractivity contribution in [3.8, 4) is 5.75 Å². The molecule has 0 bridgehead atoms. The molecule has 0 unspecified atom stereocenters. The van der Waals surface area contributed by atoms with Crippen molar-refractivity contribution in [1.82, 2.24) is 9.66 Å². The van der Waals surface area contributed by atoms with Gasteiger partial charge in [0.05, 0.1) is 17.2 Å². The third-order valence-corrected chi connectivity index (χ3v) is 4.63. The summed E-state index contributed by atoms with van der Waals surface area (Å²) in [4.78, 5) is 4.34. The number of para-hydroxylation sites is 2. The van der Waals surface area contributed by atoms with Crippen molar-refractivity contribution in [1.29, 1.82) is 0 Å². The van der Waals surface area contributed by atoms with Crippen molar-refractivity contribution < 1.29 is 5.11 Å². The molecule has 3 N–H and O–H groups in total. The van der Waals surface area contributed by atoms with Gasteiger partial charge in [-0.15, -0.1) is 0 Å². The molecule has 1 aromatic heterocycles. The van der Waals surface area contributed by atoms with Crippen molar-refractivity contribution in [2.45, 2.75) is 52.4 Å². The highest BCUT2D eigenvalue weighted by Crippen LogP contribution is 2.39. The number of hydrogen-bond acceptors (Lipinski definition) is 4. The van der Waals surface area contributed by atoms with Gasteiger partial charge in [0.1, 0.15) is 5.75 Å². The van der Waals surface area contributed by atoms with Crippen molar-refractivity contribution in [3.63, 3.8) is 0 Å². The van der Waals surface area contributed by atoms with Gasteiger partial charge < -0.3 is 10.8 Å². The maximum Gasteiger partial charge on any atom is 0.222 e. The molecule has 0 fully saturated rings. The summed E-state index contributed by atoms with van der Waals surface area (Å²) in [5.74, 6) is 0.707. The Morgan fingerprint density at radius 2 is 1.56 bits per heavy atom. The number of nitrogen functional groups attached to an aromatic ring is 1. The van der Waals surface area contributed by atoms with Gasteiger partial charge in [0.25, 0.3) is 0 Å². The molecule has 0 saturated carbocycles. The Bertz CT molecular complexity index is 982. The van der Waals surface area contributed by atoms with E-state index in [9.17, 15) is 5.11 Å². The maximum atomic E-state index is 10.8. The Kier molecular flexibility index (Phi) is 4.50. The molecule has 2 aromatic carbocycles. The number of anilines is 1. The molecule has 27 heavy (non-hydrogen) atoms. The molecule has 0 aliphatic carbocycles. The van der Waals surface area contributed by atoms with Gasteiger partial charge in [-0.1, -0.05) is 53.7 Å². The van der Waals surface area contributed by atoms with Gasteiger partial charge in [0, 0.05) is 11.1 Å². The van der Waals surface area contributed by atoms with Gasteiger partial charge >= 0.3 is 0 Å². The molecule has 5 nitrogen and oxygen atoms in total. The number of fused-ring (bicyclic) bond motifs is 1. The number of aromatic nitrogens is 2. The molecular formula is C22H28N4O. The monoisotopic (exact) mass is 364 g/mol. The summed E-state index contributed by atoms with van der Waals surface area (Å²) in [6, 6.07) is 11.7. The number of phenols is 1. The van der Waals surface area contributed by atoms with Gasteiger partial charge in [0.2, 0.25) is 5.95 Å². The summed E-state index contributed by atoms with van der Waals surface area (Å²) in [6.45, 7) is 12.6. The molecule has 142 valence electrons. The zero-order valence-electron chi connectivity index (χ0n) is 16.9. The third kappa shape index (κ3) is 3.68. The second-order valence-electron chi connectivity index (χ2n) is 8.98. The molecule has 3 aromatic rings. The lowest BCUT2D eigenvalue weighted by Crippen LogP contribution is -2.18. The van der Waals surface area contributed by atoms with Crippen LogP contribution in [0.15, 0.2) is 41.5 Å². The van der Waals surface area contributed by atoms with Crippen LogP contribution in [0.25, 0.3) is 11.0 Å². The van der Waals surface area contributed by atoms with Gasteiger partial charge in [-0.05, 0) is 40.7 Å². The number of aromatic hydroxyl groups is 1. The van der Waals surface area contributed by atoms with Crippen LogP contribution < -0.4 is 5.73 Å². The number of hydrogen-bond donors (Lipinski definition) is 2. The summed E-state index contributed by atoms with van der Waals surface area (Å²) in [5.41, 5.74) is 10.1. The van der Waals surface area contributed by atoms with Crippen LogP contribution in [-0.4, -0.2) is 21.0 Å². The smallest absolute Gasteiger partial charge is 0.222 e. The lowest BCUT2D eigenvalue weighted by molar-refractivity contribution is 0.423. The van der Waals surface area contributed by atoms with E-state index in [1.54, 1.807) is 10.9 Å². The SMILES string of the molecule is CC(C)(C)c1cc(/C=N\n2c(N)nc3ccccc32)cc(C(C)(C)C)c1O. The van der Waals surface area contributed by atoms with E-state index in [0.717, 1.165) is 27.7 Å². The first-order valence-corrected chi connectivity index (χ1v) is 9.14. The topological polar surface area (TPSA) is 76.4 Å². The van der Waals surface area contributed by atoms with Crippen LogP contribution in [0.5, 0.6) is 5.75 Å². The normalized spacial score (nSPS) is 13.0. The zero-order chi connectivity index (χ0) is 20.0. The van der Waals surface area contributed by atoms with Crippen molar-refractivity contribution >= 4 is 23.2 Å². The summed E-state index contributed by atoms with van der Waals surface area (Å²) < 4.78 is 1.63. The molecule has 0 saturated heterocycles. The summed E-state index contributed by atoms with van der Waals surface area (Å²) in [6.07, 6.45) is 1.77. The minimum atomic E-state index is -0.186. The van der Waals surface area contributed by atoms with Crippen LogP contribution in [0, 0.1) is 0 Å². The fourth-order valence-corrected chi connectivity index (χ4v) is 3.15. The highest BCUT2D eigenvalue weighted by Gasteiger charge is 2.26. The Hall–Kier alpha value is -2.82. The molecule has 3 rings (SSSR count). The van der Waals surface area contributed by atoms with E-state index >= 15 is 0 Å². The Morgan fingerprint density at radius 1 is 1.00 bits per heavy atom. The Balaban J connectivity index is 2.14. The highest BCUT2D eigenvalue weighted by atomic mass is 16.3. The Labute approximate surface area is 160 Å². The van der Waals surface area contributed by atoms with Crippen LogP contribution in [0.4, 0.5) is 5.95 Å². The summed E-state index contributed by atoms with van der Waals surface area (Å²) in [7, 11) is 0. The number of nitrogens with zero attached hydrogens (tertiary/aromatic N) is 3. The average Bonchev–Trinajstić information content (AvgIpc) is 2.87. The van der Waals surface area contributed by atoms with E-state index in [-0.39, 0.29) is 10.8 Å². The van der Waals surface area contributed by atoms with Gasteiger partial charge in [-0.2, -0.15) is 9.78 Å². The van der Waals surface area contributed by atoms with Crippen molar-refractivity contribution in [3.05, 3.63) is 53.1 Å². The number of nitrogens with two attached hydrogens (primary N) is 1. The predicted octanol–water partition coefficient (Wildman–Crippen LogP) is 4.80. The van der Waals surface area contributed by atoms with Crippen LogP contribution in [0.3, 0.4) is 0 Å². The molecular weight excluding hydrogens is 336 g/mol. The number of benzene rings is 2. The minimum Gasteiger partial charge on any atom is -0.507 e. The fraction of sp³-hybridized carbons (Fsp3) is 0.364. The maximum absolute atomic E-state index is 10.8. The van der Waals surface area contributed by atoms with Gasteiger partial charge in [0.15, 0.2) is 0 Å². The molecule has 0 radical (unpaired) electrons. The molecule has 0 atom stereocenters. The van der Waals surface area contributed by atoms with Crippen molar-refractivity contribution in [2.24, 2.45) is 5.10 Å². The van der Waals surface area contributed by atoms with Crippen LogP contribution in [0.1, 0.15) is 58.2 Å². The first-order chi connectivity index (χ1) is 12.5. The van der Waals surface area contributed by atoms with Crippen LogP contribution in [0.2, 0.25) is 0 Å². The summed E-state index contributed by atoms with van der Waals surface area (Å²) >= 11 is 0. The molecule has 0 aliphatic rings. The second kappa shape index (κ2) is 6.41. The van der Waals surface area contributed by atoms with Crippen LogP contribution >= 0.6 is 0 Å². The molecule has 5 heteroatoms. The molecule has 0 spiro atoms. The third-order valence-electron chi connectivity index (χ3n) is 4.63. The van der Waals surface area contributed by atoms with E-state index in [1.807, 2.05) is 36.4 Å².